The lowest BCUT2D eigenvalue weighted by molar-refractivity contribution is -0.0979. The summed E-state index contributed by atoms with van der Waals surface area (Å²) < 4.78 is 5.53. The van der Waals surface area contributed by atoms with Crippen molar-refractivity contribution in [3.8, 4) is 0 Å². The van der Waals surface area contributed by atoms with E-state index in [-0.39, 0.29) is 17.7 Å². The highest BCUT2D eigenvalue weighted by molar-refractivity contribution is 5.10. The van der Waals surface area contributed by atoms with E-state index in [0.717, 1.165) is 0 Å². The SMILES string of the molecule is O.O.[2H]C=O. The van der Waals surface area contributed by atoms with Crippen LogP contribution in [0.2, 0.25) is 0 Å². The quantitative estimate of drug-likeness (QED) is 0.328. The maximum absolute atomic E-state index is 8.47. The number of hydrogen-bond acceptors (Lipinski definition) is 1. The van der Waals surface area contributed by atoms with Crippen LogP contribution in [0, 0.1) is 0 Å². The van der Waals surface area contributed by atoms with Crippen molar-refractivity contribution in [2.24, 2.45) is 0 Å². The van der Waals surface area contributed by atoms with Crippen LogP contribution in [0.1, 0.15) is 1.37 Å². The summed E-state index contributed by atoms with van der Waals surface area (Å²) >= 11 is 0. The molecule has 4 heavy (non-hydrogen) atoms. The lowest BCUT2D eigenvalue weighted by Crippen LogP contribution is -0.925. The smallest absolute Gasteiger partial charge is 0.106 e. The second kappa shape index (κ2) is 39.0. The van der Waals surface area contributed by atoms with Gasteiger partial charge in [0.25, 0.3) is 0 Å². The van der Waals surface area contributed by atoms with Gasteiger partial charge in [-0.15, -0.1) is 0 Å². The van der Waals surface area contributed by atoms with Crippen LogP contribution < -0.4 is 0 Å². The molecule has 0 amide bonds. The van der Waals surface area contributed by atoms with E-state index >= 15 is 0 Å². The zero-order chi connectivity index (χ0) is 2.71. The Morgan fingerprint density at radius 3 is 1.75 bits per heavy atom. The van der Waals surface area contributed by atoms with Gasteiger partial charge in [-0.05, 0) is 0 Å². The van der Waals surface area contributed by atoms with Crippen LogP contribution >= 0.6 is 0 Å². The Hall–Kier alpha value is -0.410. The molecule has 3 nitrogen and oxygen atoms in total. The van der Waals surface area contributed by atoms with Crippen molar-refractivity contribution < 1.29 is 17.1 Å². The molecule has 0 unspecified atom stereocenters. The van der Waals surface area contributed by atoms with Crippen molar-refractivity contribution in [1.29, 1.82) is 0 Å². The summed E-state index contributed by atoms with van der Waals surface area (Å²) in [6, 6.07) is 0. The predicted octanol–water partition coefficient (Wildman–Crippen LogP) is -1.83. The molecule has 0 aromatic rings. The van der Waals surface area contributed by atoms with Crippen molar-refractivity contribution in [3.63, 3.8) is 0 Å². The molecule has 0 heterocycles. The Kier molecular flexibility index (Phi) is 92.8. The Morgan fingerprint density at radius 2 is 1.75 bits per heavy atom. The minimum absolute atomic E-state index is 0. The fourth-order valence-corrected chi connectivity index (χ4v) is 0. The van der Waals surface area contributed by atoms with Gasteiger partial charge in [0.05, 0.1) is 0 Å². The van der Waals surface area contributed by atoms with Gasteiger partial charge in [0, 0.05) is 0 Å². The highest BCUT2D eigenvalue weighted by atomic mass is 16.1. The van der Waals surface area contributed by atoms with E-state index < -0.39 is 0 Å². The number of carbonyl (C=O) groups excluding carboxylic acids is 1. The van der Waals surface area contributed by atoms with Gasteiger partial charge in [-0.3, -0.25) is 0 Å². The highest BCUT2D eigenvalue weighted by Crippen LogP contribution is 0.494. The molecule has 0 spiro atoms. The molecule has 0 aliphatic heterocycles. The van der Waals surface area contributed by atoms with E-state index in [1.54, 1.807) is 0 Å². The molecule has 0 rings (SSSR count). The molecule has 0 aliphatic rings. The zero-order valence-corrected chi connectivity index (χ0v) is 1.99. The molecule has 3 heteroatoms. The highest BCUT2D eigenvalue weighted by Gasteiger charge is 0.636. The van der Waals surface area contributed by atoms with Gasteiger partial charge >= 0.3 is 0 Å². The molecule has 0 aromatic carbocycles. The fraction of sp³-hybridized carbons (Fsp3) is 0. The van der Waals surface area contributed by atoms with Gasteiger partial charge in [0.1, 0.15) is 8.14 Å². The minimum Gasteiger partial charge on any atom is -0.412 e. The Labute approximate surface area is 25.3 Å². The summed E-state index contributed by atoms with van der Waals surface area (Å²) in [5.41, 5.74) is 0. The molecule has 0 aliphatic carbocycles. The monoisotopic (exact) mass is 67.0 g/mol. The maximum atomic E-state index is 8.47. The lowest BCUT2D eigenvalue weighted by Gasteiger charge is -0.837. The molecule has 0 fully saturated rings. The number of carbonyl (C=O) groups is 1. The predicted molar refractivity (Wildman–Crippen MR) is 14.3 cm³/mol. The molecule has 0 aromatic heterocycles. The van der Waals surface area contributed by atoms with Crippen LogP contribution in [-0.4, -0.2) is 17.7 Å². The van der Waals surface area contributed by atoms with E-state index in [1.165, 1.54) is 0 Å². The average Bonchev–Trinajstić information content (AvgIpc) is 0.918. The van der Waals surface area contributed by atoms with E-state index in [4.69, 9.17) is 6.17 Å². The van der Waals surface area contributed by atoms with Crippen molar-refractivity contribution in [2.75, 3.05) is 0 Å². The Balaban J connectivity index is -0.0000000200. The summed E-state index contributed by atoms with van der Waals surface area (Å²) in [5.74, 6) is 0. The van der Waals surface area contributed by atoms with Gasteiger partial charge in [-0.25, -0.2) is 0 Å². The summed E-state index contributed by atoms with van der Waals surface area (Å²) in [7, 11) is 0. The standard InChI is InChI=1S/CH2O.2H2O/c1-2;;/h1H2;2*1H2/i1D;;. The summed E-state index contributed by atoms with van der Waals surface area (Å²) in [6.45, 7) is 0. The first-order valence-electron chi connectivity index (χ1n) is 0.813. The first kappa shape index (κ1) is 9.53. The summed E-state index contributed by atoms with van der Waals surface area (Å²) in [5, 5.41) is 0. The molecule has 0 atom stereocenters. The molecule has 0 saturated heterocycles. The summed E-state index contributed by atoms with van der Waals surface area (Å²) in [6.07, 6.45) is 0. The topological polar surface area (TPSA) is 80.1 Å². The number of hydrogen-bond donors (Lipinski definition) is 0. The normalized spacial score (nSPS) is 3.50. The van der Waals surface area contributed by atoms with Gasteiger partial charge in [0.15, 0.2) is 0 Å². The first-order chi connectivity index (χ1) is 1.41. The van der Waals surface area contributed by atoms with Crippen LogP contribution in [0.4, 0.5) is 0 Å². The Morgan fingerprint density at radius 1 is 1.75 bits per heavy atom. The van der Waals surface area contributed by atoms with Gasteiger partial charge < -0.3 is 15.7 Å². The van der Waals surface area contributed by atoms with E-state index in [9.17, 15) is 0 Å². The van der Waals surface area contributed by atoms with Crippen LogP contribution in [0.15, 0.2) is 0 Å². The van der Waals surface area contributed by atoms with Crippen LogP contribution in [0.25, 0.3) is 0 Å². The van der Waals surface area contributed by atoms with E-state index in [2.05, 4.69) is 0 Å². The van der Waals surface area contributed by atoms with Crippen LogP contribution in [0.3, 0.4) is 0 Å². The summed E-state index contributed by atoms with van der Waals surface area (Å²) in [4.78, 5) is 8.47. The van der Waals surface area contributed by atoms with Crippen molar-refractivity contribution in [3.05, 3.63) is 0 Å². The van der Waals surface area contributed by atoms with E-state index in [1.807, 2.05) is 0 Å². The number of rotatable bonds is 0. The van der Waals surface area contributed by atoms with Crippen LogP contribution in [-0.2, 0) is 4.79 Å². The molecular formula is CH6O3. The second-order valence-electron chi connectivity index (χ2n) is 0. The van der Waals surface area contributed by atoms with Crippen molar-refractivity contribution in [1.82, 2.24) is 0 Å². The van der Waals surface area contributed by atoms with Crippen molar-refractivity contribution >= 4 is 6.77 Å². The van der Waals surface area contributed by atoms with Crippen LogP contribution in [0.5, 0.6) is 0 Å². The molecule has 28 valence electrons. The van der Waals surface area contributed by atoms with Gasteiger partial charge in [-0.2, -0.15) is 0 Å². The zero-order valence-electron chi connectivity index (χ0n) is 2.99. The maximum Gasteiger partial charge on any atom is 0.106 e. The lowest BCUT2D eigenvalue weighted by atomic mass is 11.9. The molecule has 0 radical (unpaired) electrons. The largest absolute Gasteiger partial charge is 0.412 e. The molecule has 0 bridgehead atoms. The second-order valence-corrected chi connectivity index (χ2v) is 0. The van der Waals surface area contributed by atoms with Gasteiger partial charge in [-0.1, -0.05) is 0 Å². The minimum atomic E-state index is 0. The van der Waals surface area contributed by atoms with Gasteiger partial charge in [0.2, 0.25) is 0 Å². The fourth-order valence-electron chi connectivity index (χ4n) is 0. The Bertz CT molecular complexity index is 14.4. The van der Waals surface area contributed by atoms with Crippen molar-refractivity contribution in [2.45, 2.75) is 0 Å². The molecule has 0 saturated carbocycles. The van der Waals surface area contributed by atoms with E-state index in [0.29, 0.717) is 0 Å². The third-order valence-corrected chi connectivity index (χ3v) is 0. The first-order valence-corrected chi connectivity index (χ1v) is 0.236. The third-order valence-electron chi connectivity index (χ3n) is 0. The molecule has 4 N–H and O–H groups in total. The average molecular weight is 67.1 g/mol. The third kappa shape index (κ3) is 3.29. The molecular weight excluding hydrogens is 60.0 g/mol.